The van der Waals surface area contributed by atoms with Crippen molar-refractivity contribution >= 4 is 34.9 Å². The summed E-state index contributed by atoms with van der Waals surface area (Å²) in [6.07, 6.45) is -0.518. The molecule has 3 heterocycles. The van der Waals surface area contributed by atoms with Crippen LogP contribution in [0.2, 0.25) is 0 Å². The van der Waals surface area contributed by atoms with Crippen LogP contribution in [-0.4, -0.2) is 34.4 Å². The predicted octanol–water partition coefficient (Wildman–Crippen LogP) is 2.69. The van der Waals surface area contributed by atoms with Crippen LogP contribution in [0.15, 0.2) is 51.4 Å². The van der Waals surface area contributed by atoms with Gasteiger partial charge < -0.3 is 13.9 Å². The van der Waals surface area contributed by atoms with Gasteiger partial charge in [-0.3, -0.25) is 14.9 Å². The van der Waals surface area contributed by atoms with E-state index in [9.17, 15) is 9.59 Å². The fourth-order valence-corrected chi connectivity index (χ4v) is 3.50. The summed E-state index contributed by atoms with van der Waals surface area (Å²) in [6.45, 7) is 0.249. The molecular weight excluding hydrogens is 390 g/mol. The van der Waals surface area contributed by atoms with Crippen LogP contribution in [0, 0.1) is 0 Å². The van der Waals surface area contributed by atoms with Gasteiger partial charge in [0, 0.05) is 0 Å². The van der Waals surface area contributed by atoms with E-state index in [0.29, 0.717) is 16.4 Å². The zero-order valence-corrected chi connectivity index (χ0v) is 15.4. The van der Waals surface area contributed by atoms with Crippen molar-refractivity contribution < 1.29 is 23.5 Å². The number of thiophene rings is 1. The van der Waals surface area contributed by atoms with Crippen LogP contribution in [-0.2, 0) is 4.79 Å². The molecule has 0 saturated carbocycles. The Hall–Kier alpha value is -2.85. The van der Waals surface area contributed by atoms with Gasteiger partial charge in [-0.05, 0) is 23.6 Å². The number of aromatic nitrogens is 2. The molecule has 4 rings (SSSR count). The SMILES string of the molecule is O=C(CSc1nnc([C@H]2COc3ccccc3O2)o1)NC(=O)c1cccs1. The number of fused-ring (bicyclic) bond motifs is 1. The molecule has 1 aliphatic rings. The Morgan fingerprint density at radius 1 is 1.19 bits per heavy atom. The highest BCUT2D eigenvalue weighted by Gasteiger charge is 2.27. The van der Waals surface area contributed by atoms with E-state index in [2.05, 4.69) is 15.5 Å². The quantitative estimate of drug-likeness (QED) is 0.649. The molecule has 0 unspecified atom stereocenters. The van der Waals surface area contributed by atoms with E-state index in [1.54, 1.807) is 23.6 Å². The highest BCUT2D eigenvalue weighted by Crippen LogP contribution is 2.35. The van der Waals surface area contributed by atoms with E-state index in [-0.39, 0.29) is 23.5 Å². The summed E-state index contributed by atoms with van der Waals surface area (Å²) in [4.78, 5) is 24.2. The number of hydrogen-bond donors (Lipinski definition) is 1. The van der Waals surface area contributed by atoms with Crippen LogP contribution in [0.3, 0.4) is 0 Å². The van der Waals surface area contributed by atoms with Crippen LogP contribution < -0.4 is 14.8 Å². The molecule has 2 amide bonds. The maximum atomic E-state index is 11.9. The summed E-state index contributed by atoms with van der Waals surface area (Å²) in [5.41, 5.74) is 0. The number of ether oxygens (including phenoxy) is 2. The molecule has 1 atom stereocenters. The molecule has 0 saturated heterocycles. The second-order valence-corrected chi connectivity index (χ2v) is 7.29. The van der Waals surface area contributed by atoms with Gasteiger partial charge in [-0.2, -0.15) is 0 Å². The van der Waals surface area contributed by atoms with Gasteiger partial charge >= 0.3 is 0 Å². The normalized spacial score (nSPS) is 15.3. The minimum Gasteiger partial charge on any atom is -0.485 e. The van der Waals surface area contributed by atoms with Gasteiger partial charge in [0.25, 0.3) is 17.0 Å². The molecule has 138 valence electrons. The van der Waals surface area contributed by atoms with E-state index in [4.69, 9.17) is 13.9 Å². The first-order chi connectivity index (χ1) is 13.2. The van der Waals surface area contributed by atoms with Crippen LogP contribution in [0.25, 0.3) is 0 Å². The Labute approximate surface area is 161 Å². The molecule has 10 heteroatoms. The molecule has 1 N–H and O–H groups in total. The maximum absolute atomic E-state index is 11.9. The third-order valence-electron chi connectivity index (χ3n) is 3.53. The van der Waals surface area contributed by atoms with E-state index < -0.39 is 17.9 Å². The van der Waals surface area contributed by atoms with E-state index in [0.717, 1.165) is 11.8 Å². The number of thioether (sulfide) groups is 1. The average molecular weight is 403 g/mol. The van der Waals surface area contributed by atoms with Gasteiger partial charge in [0.05, 0.1) is 10.6 Å². The molecule has 1 aliphatic heterocycles. The number of carbonyl (C=O) groups is 2. The first-order valence-electron chi connectivity index (χ1n) is 7.91. The van der Waals surface area contributed by atoms with Crippen molar-refractivity contribution in [3.8, 4) is 11.5 Å². The lowest BCUT2D eigenvalue weighted by Crippen LogP contribution is -2.31. The van der Waals surface area contributed by atoms with E-state index in [1.807, 2.05) is 18.2 Å². The van der Waals surface area contributed by atoms with E-state index in [1.165, 1.54) is 11.3 Å². The zero-order valence-electron chi connectivity index (χ0n) is 13.8. The number of nitrogens with one attached hydrogen (secondary N) is 1. The highest BCUT2D eigenvalue weighted by atomic mass is 32.2. The molecule has 0 bridgehead atoms. The first kappa shape index (κ1) is 17.6. The van der Waals surface area contributed by atoms with Gasteiger partial charge in [0.2, 0.25) is 12.0 Å². The Balaban J connectivity index is 1.31. The molecular formula is C17H13N3O5S2. The maximum Gasteiger partial charge on any atom is 0.277 e. The largest absolute Gasteiger partial charge is 0.485 e. The Kier molecular flexibility index (Phi) is 5.07. The molecule has 0 radical (unpaired) electrons. The van der Waals surface area contributed by atoms with Crippen LogP contribution in [0.1, 0.15) is 21.7 Å². The average Bonchev–Trinajstić information content (AvgIpc) is 3.38. The molecule has 0 fully saturated rings. The molecule has 8 nitrogen and oxygen atoms in total. The third-order valence-corrected chi connectivity index (χ3v) is 5.22. The fraction of sp³-hybridized carbons (Fsp3) is 0.176. The number of amides is 2. The van der Waals surface area contributed by atoms with Crippen molar-refractivity contribution in [2.24, 2.45) is 0 Å². The number of imide groups is 1. The second kappa shape index (κ2) is 7.80. The summed E-state index contributed by atoms with van der Waals surface area (Å²) in [7, 11) is 0. The molecule has 0 aliphatic carbocycles. The summed E-state index contributed by atoms with van der Waals surface area (Å²) < 4.78 is 17.0. The number of benzene rings is 1. The van der Waals surface area contributed by atoms with Crippen molar-refractivity contribution in [1.82, 2.24) is 15.5 Å². The Bertz CT molecular complexity index is 957. The lowest BCUT2D eigenvalue weighted by Gasteiger charge is -2.23. The summed E-state index contributed by atoms with van der Waals surface area (Å²) >= 11 is 2.30. The van der Waals surface area contributed by atoms with Gasteiger partial charge in [0.1, 0.15) is 6.61 Å². The molecule has 27 heavy (non-hydrogen) atoms. The Morgan fingerprint density at radius 2 is 2.04 bits per heavy atom. The predicted molar refractivity (Wildman–Crippen MR) is 97.1 cm³/mol. The van der Waals surface area contributed by atoms with Crippen molar-refractivity contribution in [3.63, 3.8) is 0 Å². The molecule has 0 spiro atoms. The molecule has 1 aromatic carbocycles. The minimum absolute atomic E-state index is 0.0242. The van der Waals surface area contributed by atoms with Gasteiger partial charge in [0.15, 0.2) is 11.5 Å². The summed E-state index contributed by atoms with van der Waals surface area (Å²) in [5.74, 6) is 0.645. The second-order valence-electron chi connectivity index (χ2n) is 5.41. The first-order valence-corrected chi connectivity index (χ1v) is 9.78. The number of para-hydroxylation sites is 2. The standard InChI is InChI=1S/C17H13N3O5S2/c21-14(18-15(22)13-6-3-7-26-13)9-27-17-20-19-16(25-17)12-8-23-10-4-1-2-5-11(10)24-12/h1-7,12H,8-9H2,(H,18,21,22)/t12-/m1/s1. The molecule has 2 aromatic heterocycles. The smallest absolute Gasteiger partial charge is 0.277 e. The van der Waals surface area contributed by atoms with Crippen LogP contribution >= 0.6 is 23.1 Å². The van der Waals surface area contributed by atoms with Gasteiger partial charge in [-0.15, -0.1) is 21.5 Å². The monoisotopic (exact) mass is 403 g/mol. The topological polar surface area (TPSA) is 104 Å². The van der Waals surface area contributed by atoms with Crippen molar-refractivity contribution in [1.29, 1.82) is 0 Å². The number of hydrogen-bond acceptors (Lipinski definition) is 9. The van der Waals surface area contributed by atoms with Crippen molar-refractivity contribution in [2.75, 3.05) is 12.4 Å². The van der Waals surface area contributed by atoms with Gasteiger partial charge in [-0.1, -0.05) is 30.0 Å². The van der Waals surface area contributed by atoms with Crippen LogP contribution in [0.4, 0.5) is 0 Å². The number of nitrogens with zero attached hydrogens (tertiary/aromatic N) is 2. The highest BCUT2D eigenvalue weighted by molar-refractivity contribution is 7.99. The van der Waals surface area contributed by atoms with Crippen molar-refractivity contribution in [2.45, 2.75) is 11.3 Å². The van der Waals surface area contributed by atoms with Crippen molar-refractivity contribution in [3.05, 3.63) is 52.5 Å². The number of carbonyl (C=O) groups excluding carboxylic acids is 2. The lowest BCUT2D eigenvalue weighted by molar-refractivity contribution is -0.117. The fourth-order valence-electron chi connectivity index (χ4n) is 2.31. The minimum atomic E-state index is -0.518. The van der Waals surface area contributed by atoms with Crippen LogP contribution in [0.5, 0.6) is 11.5 Å². The lowest BCUT2D eigenvalue weighted by atomic mass is 10.2. The summed E-state index contributed by atoms with van der Waals surface area (Å²) in [5, 5.41) is 12.1. The van der Waals surface area contributed by atoms with E-state index >= 15 is 0 Å². The summed E-state index contributed by atoms with van der Waals surface area (Å²) in [6, 6.07) is 10.7. The third kappa shape index (κ3) is 4.12. The molecule has 3 aromatic rings. The zero-order chi connectivity index (χ0) is 18.6. The number of rotatable bonds is 5. The Morgan fingerprint density at radius 3 is 2.85 bits per heavy atom. The van der Waals surface area contributed by atoms with Gasteiger partial charge in [-0.25, -0.2) is 0 Å².